The number of benzene rings is 4. The number of aliphatic hydroxyl groups excluding tert-OH is 8. The van der Waals surface area contributed by atoms with Gasteiger partial charge in [-0.1, -0.05) is 30.4 Å². The van der Waals surface area contributed by atoms with Gasteiger partial charge in [0.1, 0.15) is 95.2 Å². The zero-order valence-corrected chi connectivity index (χ0v) is 29.8. The van der Waals surface area contributed by atoms with Gasteiger partial charge in [-0.25, -0.2) is 0 Å². The van der Waals surface area contributed by atoms with Gasteiger partial charge >= 0.3 is 0 Å². The first-order chi connectivity index (χ1) is 27.3. The lowest BCUT2D eigenvalue weighted by molar-refractivity contribution is -0.277. The fourth-order valence-corrected chi connectivity index (χ4v) is 7.18. The minimum Gasteiger partial charge on any atom is -0.508 e. The van der Waals surface area contributed by atoms with E-state index >= 15 is 0 Å². The first kappa shape index (κ1) is 40.0. The van der Waals surface area contributed by atoms with Gasteiger partial charge in [-0.15, -0.1) is 0 Å². The number of phenolic OH excluding ortho intramolecular Hbond substituents is 4. The minimum atomic E-state index is -1.69. The summed E-state index contributed by atoms with van der Waals surface area (Å²) in [4.78, 5) is 0. The lowest BCUT2D eigenvalue weighted by atomic mass is 9.84. The van der Waals surface area contributed by atoms with Crippen molar-refractivity contribution in [2.24, 2.45) is 0 Å². The Kier molecular flexibility index (Phi) is 11.5. The van der Waals surface area contributed by atoms with Gasteiger partial charge in [0, 0.05) is 34.4 Å². The van der Waals surface area contributed by atoms with E-state index in [1.807, 2.05) is 0 Å². The second-order valence-electron chi connectivity index (χ2n) is 14.0. The van der Waals surface area contributed by atoms with Gasteiger partial charge in [0.15, 0.2) is 0 Å². The average molecular weight is 795 g/mol. The summed E-state index contributed by atoms with van der Waals surface area (Å²) in [5.41, 5.74) is 2.12. The molecule has 0 saturated carbocycles. The van der Waals surface area contributed by atoms with E-state index in [-0.39, 0.29) is 40.1 Å². The van der Waals surface area contributed by atoms with E-state index in [9.17, 15) is 61.3 Å². The molecule has 12 unspecified atom stereocenters. The molecule has 0 aliphatic carbocycles. The molecule has 57 heavy (non-hydrogen) atoms. The van der Waals surface area contributed by atoms with Crippen LogP contribution in [0, 0.1) is 0 Å². The summed E-state index contributed by atoms with van der Waals surface area (Å²) in [7, 11) is 0. The molecule has 0 spiro atoms. The highest BCUT2D eigenvalue weighted by molar-refractivity contribution is 5.76. The summed E-state index contributed by atoms with van der Waals surface area (Å²) in [5.74, 6) is -1.26. The van der Waals surface area contributed by atoms with Crippen molar-refractivity contribution >= 4 is 12.2 Å². The van der Waals surface area contributed by atoms with Crippen molar-refractivity contribution in [2.45, 2.75) is 73.4 Å². The highest BCUT2D eigenvalue weighted by atomic mass is 16.7. The number of aliphatic hydroxyl groups is 8. The van der Waals surface area contributed by atoms with E-state index in [0.717, 1.165) is 6.07 Å². The highest BCUT2D eigenvalue weighted by Crippen LogP contribution is 2.55. The Labute approximate surface area is 324 Å². The normalized spacial score (nSPS) is 31.2. The molecule has 3 aliphatic heterocycles. The van der Waals surface area contributed by atoms with E-state index in [0.29, 0.717) is 28.0 Å². The molecule has 2 saturated heterocycles. The zero-order chi connectivity index (χ0) is 40.7. The predicted molar refractivity (Wildman–Crippen MR) is 195 cm³/mol. The third-order valence-electron chi connectivity index (χ3n) is 10.1. The van der Waals surface area contributed by atoms with Gasteiger partial charge < -0.3 is 85.0 Å². The number of ether oxygens (including phenoxy) is 5. The molecular formula is C40H42O17. The lowest BCUT2D eigenvalue weighted by Crippen LogP contribution is -2.60. The molecule has 304 valence electrons. The highest BCUT2D eigenvalue weighted by Gasteiger charge is 2.46. The van der Waals surface area contributed by atoms with Crippen LogP contribution in [0.25, 0.3) is 12.2 Å². The Morgan fingerprint density at radius 2 is 1.09 bits per heavy atom. The quantitative estimate of drug-likeness (QED) is 0.0962. The maximum atomic E-state index is 11.4. The Hall–Kier alpha value is -5.18. The molecule has 17 heteroatoms. The summed E-state index contributed by atoms with van der Waals surface area (Å²) < 4.78 is 28.7. The van der Waals surface area contributed by atoms with Crippen molar-refractivity contribution in [1.82, 2.24) is 0 Å². The average Bonchev–Trinajstić information content (AvgIpc) is 3.56. The van der Waals surface area contributed by atoms with Crippen molar-refractivity contribution in [3.63, 3.8) is 0 Å². The largest absolute Gasteiger partial charge is 0.508 e. The molecule has 12 N–H and O–H groups in total. The fraction of sp³-hybridized carbons (Fsp3) is 0.350. The van der Waals surface area contributed by atoms with Crippen LogP contribution in [0.15, 0.2) is 72.8 Å². The Morgan fingerprint density at radius 3 is 1.65 bits per heavy atom. The molecule has 12 atom stereocenters. The van der Waals surface area contributed by atoms with E-state index in [1.165, 1.54) is 42.5 Å². The maximum absolute atomic E-state index is 11.4. The SMILES string of the molecule is OCC1OC(Oc2ccc(C=Cc3cc(O)cc4c3OC(c3cc(O)cc(O)c3)C4c3ccc(OC4OC(CO)C(O)C(O)C4O)cc3O)cc2)C(O)C(O)C1O. The van der Waals surface area contributed by atoms with Crippen LogP contribution in [0.5, 0.6) is 40.2 Å². The van der Waals surface area contributed by atoms with Crippen LogP contribution in [0.3, 0.4) is 0 Å². The van der Waals surface area contributed by atoms with Crippen LogP contribution < -0.4 is 14.2 Å². The molecular weight excluding hydrogens is 752 g/mol. The van der Waals surface area contributed by atoms with Gasteiger partial charge in [0.2, 0.25) is 12.6 Å². The standard InChI is InChI=1S/C40H42O17/c41-15-28-31(47)33(49)35(51)39(55-28)53-23-5-2-17(3-6-23)1-4-18-9-22(45)13-26-30(38(57-37(18)26)19-10-20(43)12-21(44)11-19)25-8-7-24(14-27(25)46)54-40-36(52)34(50)32(48)29(16-42)56-40/h1-14,28-36,38-52H,15-16H2. The fourth-order valence-electron chi connectivity index (χ4n) is 7.18. The van der Waals surface area contributed by atoms with Crippen LogP contribution >= 0.6 is 0 Å². The molecule has 7 rings (SSSR count). The minimum absolute atomic E-state index is 0.00425. The second kappa shape index (κ2) is 16.4. The van der Waals surface area contributed by atoms with Crippen LogP contribution in [-0.2, 0) is 9.47 Å². The molecule has 4 aromatic carbocycles. The van der Waals surface area contributed by atoms with E-state index in [1.54, 1.807) is 36.4 Å². The first-order valence-corrected chi connectivity index (χ1v) is 17.9. The molecule has 4 aromatic rings. The van der Waals surface area contributed by atoms with Crippen LogP contribution in [0.2, 0.25) is 0 Å². The molecule has 3 aliphatic rings. The molecule has 0 bridgehead atoms. The van der Waals surface area contributed by atoms with Crippen LogP contribution in [-0.4, -0.2) is 136 Å². The second-order valence-corrected chi connectivity index (χ2v) is 14.0. The Balaban J connectivity index is 1.17. The van der Waals surface area contributed by atoms with E-state index < -0.39 is 86.6 Å². The predicted octanol–water partition coefficient (Wildman–Crippen LogP) is 0.302. The van der Waals surface area contributed by atoms with Crippen molar-refractivity contribution in [3.05, 3.63) is 101 Å². The van der Waals surface area contributed by atoms with Crippen molar-refractivity contribution in [3.8, 4) is 40.2 Å². The first-order valence-electron chi connectivity index (χ1n) is 17.9. The Morgan fingerprint density at radius 1 is 0.544 bits per heavy atom. The summed E-state index contributed by atoms with van der Waals surface area (Å²) >= 11 is 0. The topological polar surface area (TPSA) is 289 Å². The lowest BCUT2D eigenvalue weighted by Gasteiger charge is -2.39. The summed E-state index contributed by atoms with van der Waals surface area (Å²) in [5, 5.41) is 123. The third kappa shape index (κ3) is 8.03. The van der Waals surface area contributed by atoms with Crippen molar-refractivity contribution in [1.29, 1.82) is 0 Å². The van der Waals surface area contributed by atoms with Gasteiger partial charge in [0.25, 0.3) is 0 Å². The molecule has 0 amide bonds. The van der Waals surface area contributed by atoms with E-state index in [2.05, 4.69) is 0 Å². The molecule has 2 fully saturated rings. The zero-order valence-electron chi connectivity index (χ0n) is 29.8. The van der Waals surface area contributed by atoms with Gasteiger partial charge in [-0.3, -0.25) is 0 Å². The van der Waals surface area contributed by atoms with Gasteiger partial charge in [-0.05, 0) is 48.0 Å². The Bertz CT molecular complexity index is 2050. The molecule has 17 nitrogen and oxygen atoms in total. The molecule has 0 aromatic heterocycles. The molecule has 0 radical (unpaired) electrons. The number of fused-ring (bicyclic) bond motifs is 1. The number of hydrogen-bond acceptors (Lipinski definition) is 17. The number of hydrogen-bond donors (Lipinski definition) is 12. The smallest absolute Gasteiger partial charge is 0.229 e. The third-order valence-corrected chi connectivity index (χ3v) is 10.1. The summed E-state index contributed by atoms with van der Waals surface area (Å²) in [6.45, 7) is -1.27. The van der Waals surface area contributed by atoms with Gasteiger partial charge in [0.05, 0.1) is 19.1 Å². The monoisotopic (exact) mass is 794 g/mol. The number of aromatic hydroxyl groups is 4. The van der Waals surface area contributed by atoms with Crippen LogP contribution in [0.1, 0.15) is 39.8 Å². The number of rotatable bonds is 10. The number of phenols is 4. The van der Waals surface area contributed by atoms with Crippen LogP contribution in [0.4, 0.5) is 0 Å². The van der Waals surface area contributed by atoms with Crippen molar-refractivity contribution in [2.75, 3.05) is 13.2 Å². The van der Waals surface area contributed by atoms with E-state index in [4.69, 9.17) is 23.7 Å². The van der Waals surface area contributed by atoms with Gasteiger partial charge in [-0.2, -0.15) is 0 Å². The molecule has 3 heterocycles. The van der Waals surface area contributed by atoms with Crippen molar-refractivity contribution < 1.29 is 85.0 Å². The maximum Gasteiger partial charge on any atom is 0.229 e. The summed E-state index contributed by atoms with van der Waals surface area (Å²) in [6, 6.07) is 17.5. The summed E-state index contributed by atoms with van der Waals surface area (Å²) in [6.07, 6.45) is -12.5.